The van der Waals surface area contributed by atoms with Crippen molar-refractivity contribution in [2.75, 3.05) is 6.54 Å². The molecule has 0 saturated heterocycles. The number of hydrogen-bond donors (Lipinski definition) is 1. The molecule has 7 heteroatoms. The van der Waals surface area contributed by atoms with Gasteiger partial charge in [-0.15, -0.1) is 11.3 Å². The molecule has 2 aromatic heterocycles. The SMILES string of the molecule is CC1=C(c2nc(-c3cccs3)no2)C(c2ccccc2)NC(=O)N1CCCc1ccccc1. The molecule has 3 heterocycles. The number of carbonyl (C=O) groups excluding carboxylic acids is 1. The Kier molecular flexibility index (Phi) is 6.04. The molecule has 1 aliphatic heterocycles. The lowest BCUT2D eigenvalue weighted by atomic mass is 9.94. The highest BCUT2D eigenvalue weighted by Gasteiger charge is 2.35. The lowest BCUT2D eigenvalue weighted by Crippen LogP contribution is -2.46. The minimum absolute atomic E-state index is 0.115. The summed E-state index contributed by atoms with van der Waals surface area (Å²) in [7, 11) is 0. The van der Waals surface area contributed by atoms with E-state index in [1.54, 1.807) is 16.2 Å². The first kappa shape index (κ1) is 21.2. The fourth-order valence-corrected chi connectivity index (χ4v) is 4.80. The van der Waals surface area contributed by atoms with Crippen LogP contribution in [0.15, 0.2) is 88.4 Å². The van der Waals surface area contributed by atoms with Gasteiger partial charge >= 0.3 is 6.03 Å². The number of allylic oxidation sites excluding steroid dienone is 1. The van der Waals surface area contributed by atoms with E-state index in [0.29, 0.717) is 18.3 Å². The normalized spacial score (nSPS) is 16.2. The van der Waals surface area contributed by atoms with E-state index >= 15 is 0 Å². The summed E-state index contributed by atoms with van der Waals surface area (Å²) in [5, 5.41) is 9.34. The van der Waals surface area contributed by atoms with Gasteiger partial charge in [-0.05, 0) is 42.3 Å². The van der Waals surface area contributed by atoms with Crippen LogP contribution in [0.2, 0.25) is 0 Å². The largest absolute Gasteiger partial charge is 0.334 e. The highest BCUT2D eigenvalue weighted by molar-refractivity contribution is 7.13. The number of nitrogens with one attached hydrogen (secondary N) is 1. The zero-order valence-electron chi connectivity index (χ0n) is 18.3. The summed E-state index contributed by atoms with van der Waals surface area (Å²) in [5.74, 6) is 0.984. The monoisotopic (exact) mass is 456 g/mol. The minimum Gasteiger partial charge on any atom is -0.334 e. The second-order valence-corrected chi connectivity index (χ2v) is 8.88. The second kappa shape index (κ2) is 9.42. The zero-order valence-corrected chi connectivity index (χ0v) is 19.1. The number of amides is 2. The molecule has 2 aromatic carbocycles. The molecule has 1 atom stereocenters. The van der Waals surface area contributed by atoms with Gasteiger partial charge in [-0.2, -0.15) is 4.98 Å². The predicted molar refractivity (Wildman–Crippen MR) is 129 cm³/mol. The zero-order chi connectivity index (χ0) is 22.6. The van der Waals surface area contributed by atoms with Crippen LogP contribution < -0.4 is 5.32 Å². The van der Waals surface area contributed by atoms with Gasteiger partial charge in [-0.1, -0.05) is 71.9 Å². The summed E-state index contributed by atoms with van der Waals surface area (Å²) in [5.41, 5.74) is 3.90. The van der Waals surface area contributed by atoms with E-state index in [-0.39, 0.29) is 12.1 Å². The highest BCUT2D eigenvalue weighted by Crippen LogP contribution is 2.37. The van der Waals surface area contributed by atoms with Crippen molar-refractivity contribution in [3.63, 3.8) is 0 Å². The predicted octanol–water partition coefficient (Wildman–Crippen LogP) is 5.93. The van der Waals surface area contributed by atoms with Crippen LogP contribution in [-0.4, -0.2) is 27.6 Å². The Labute approximate surface area is 196 Å². The number of aromatic nitrogens is 2. The van der Waals surface area contributed by atoms with Crippen LogP contribution >= 0.6 is 11.3 Å². The summed E-state index contributed by atoms with van der Waals surface area (Å²) < 4.78 is 5.72. The van der Waals surface area contributed by atoms with Crippen molar-refractivity contribution in [2.24, 2.45) is 0 Å². The molecule has 0 aliphatic carbocycles. The van der Waals surface area contributed by atoms with Crippen molar-refractivity contribution < 1.29 is 9.32 Å². The fourth-order valence-electron chi connectivity index (χ4n) is 4.15. The Hall–Kier alpha value is -3.71. The minimum atomic E-state index is -0.360. The topological polar surface area (TPSA) is 71.3 Å². The third-order valence-corrected chi connectivity index (χ3v) is 6.68. The lowest BCUT2D eigenvalue weighted by molar-refractivity contribution is 0.204. The van der Waals surface area contributed by atoms with Crippen LogP contribution in [0, 0.1) is 0 Å². The Morgan fingerprint density at radius 1 is 1.03 bits per heavy atom. The quantitative estimate of drug-likeness (QED) is 0.374. The second-order valence-electron chi connectivity index (χ2n) is 7.93. The highest BCUT2D eigenvalue weighted by atomic mass is 32.1. The van der Waals surface area contributed by atoms with Gasteiger partial charge in [0.15, 0.2) is 0 Å². The molecule has 1 N–H and O–H groups in total. The lowest BCUT2D eigenvalue weighted by Gasteiger charge is -2.35. The number of hydrogen-bond acceptors (Lipinski definition) is 5. The average molecular weight is 457 g/mol. The van der Waals surface area contributed by atoms with Gasteiger partial charge in [0, 0.05) is 12.2 Å². The molecular weight excluding hydrogens is 432 g/mol. The molecule has 1 unspecified atom stereocenters. The van der Waals surface area contributed by atoms with E-state index in [2.05, 4.69) is 27.6 Å². The van der Waals surface area contributed by atoms with Crippen molar-refractivity contribution in [3.05, 3.63) is 101 Å². The molecule has 166 valence electrons. The summed E-state index contributed by atoms with van der Waals surface area (Å²) in [6, 6.07) is 23.7. The fraction of sp³-hybridized carbons (Fsp3) is 0.192. The maximum Gasteiger partial charge on any atom is 0.322 e. The maximum absolute atomic E-state index is 13.1. The molecule has 0 fully saturated rings. The van der Waals surface area contributed by atoms with Crippen molar-refractivity contribution in [1.82, 2.24) is 20.4 Å². The summed E-state index contributed by atoms with van der Waals surface area (Å²) in [6.45, 7) is 2.56. The van der Waals surface area contributed by atoms with E-state index < -0.39 is 0 Å². The molecular formula is C26H24N4O2S. The molecule has 4 aromatic rings. The Bertz CT molecular complexity index is 1250. The van der Waals surface area contributed by atoms with Crippen LogP contribution in [0.1, 0.15) is 36.4 Å². The van der Waals surface area contributed by atoms with Crippen LogP contribution in [0.25, 0.3) is 16.3 Å². The average Bonchev–Trinajstić information content (AvgIpc) is 3.54. The number of nitrogens with zero attached hydrogens (tertiary/aromatic N) is 3. The van der Waals surface area contributed by atoms with E-state index in [1.165, 1.54) is 5.56 Å². The number of urea groups is 1. The first-order valence-corrected chi connectivity index (χ1v) is 11.8. The molecule has 0 spiro atoms. The summed E-state index contributed by atoms with van der Waals surface area (Å²) in [4.78, 5) is 20.5. The van der Waals surface area contributed by atoms with E-state index in [1.807, 2.05) is 73.0 Å². The Balaban J connectivity index is 1.47. The van der Waals surface area contributed by atoms with Crippen molar-refractivity contribution >= 4 is 22.9 Å². The first-order chi connectivity index (χ1) is 16.2. The molecule has 5 rings (SSSR count). The van der Waals surface area contributed by atoms with Gasteiger partial charge in [-0.25, -0.2) is 4.79 Å². The number of thiophene rings is 1. The molecule has 0 radical (unpaired) electrons. The van der Waals surface area contributed by atoms with Crippen molar-refractivity contribution in [3.8, 4) is 10.7 Å². The van der Waals surface area contributed by atoms with Crippen LogP contribution in [0.4, 0.5) is 4.79 Å². The van der Waals surface area contributed by atoms with Crippen LogP contribution in [0.3, 0.4) is 0 Å². The van der Waals surface area contributed by atoms with Gasteiger partial charge in [0.05, 0.1) is 16.5 Å². The number of rotatable bonds is 7. The smallest absolute Gasteiger partial charge is 0.322 e. The standard InChI is InChI=1S/C26H24N4O2S/c1-18-22(25-28-24(29-32-25)21-15-9-17-33-21)23(20-13-6-3-7-14-20)27-26(31)30(18)16-8-12-19-10-4-2-5-11-19/h2-7,9-11,13-15,17,23H,8,12,16H2,1H3,(H,27,31). The number of aryl methyl sites for hydroxylation is 1. The van der Waals surface area contributed by atoms with Crippen molar-refractivity contribution in [1.29, 1.82) is 0 Å². The van der Waals surface area contributed by atoms with Gasteiger partial charge in [0.2, 0.25) is 5.82 Å². The molecule has 0 saturated carbocycles. The Morgan fingerprint density at radius 3 is 2.52 bits per heavy atom. The van der Waals surface area contributed by atoms with Gasteiger partial charge in [0.25, 0.3) is 5.89 Å². The van der Waals surface area contributed by atoms with Gasteiger partial charge < -0.3 is 9.84 Å². The Morgan fingerprint density at radius 2 is 1.79 bits per heavy atom. The van der Waals surface area contributed by atoms with Crippen LogP contribution in [-0.2, 0) is 6.42 Å². The number of benzene rings is 2. The molecule has 6 nitrogen and oxygen atoms in total. The van der Waals surface area contributed by atoms with E-state index in [0.717, 1.165) is 34.6 Å². The molecule has 2 amide bonds. The number of carbonyl (C=O) groups is 1. The van der Waals surface area contributed by atoms with Crippen molar-refractivity contribution in [2.45, 2.75) is 25.8 Å². The molecule has 0 bridgehead atoms. The van der Waals surface area contributed by atoms with Gasteiger partial charge in [-0.3, -0.25) is 4.90 Å². The summed E-state index contributed by atoms with van der Waals surface area (Å²) >= 11 is 1.56. The van der Waals surface area contributed by atoms with E-state index in [4.69, 9.17) is 4.52 Å². The molecule has 33 heavy (non-hydrogen) atoms. The molecule has 1 aliphatic rings. The van der Waals surface area contributed by atoms with E-state index in [9.17, 15) is 4.79 Å². The van der Waals surface area contributed by atoms with Crippen LogP contribution in [0.5, 0.6) is 0 Å². The maximum atomic E-state index is 13.1. The first-order valence-electron chi connectivity index (χ1n) is 11.0. The van der Waals surface area contributed by atoms with Gasteiger partial charge in [0.1, 0.15) is 0 Å². The third-order valence-electron chi connectivity index (χ3n) is 5.82. The summed E-state index contributed by atoms with van der Waals surface area (Å²) in [6.07, 6.45) is 1.75. The third kappa shape index (κ3) is 4.45.